The van der Waals surface area contributed by atoms with Gasteiger partial charge in [-0.15, -0.1) is 11.3 Å². The molecule has 0 saturated heterocycles. The number of thiazole rings is 1. The molecular weight excluding hydrogens is 326 g/mol. The molecule has 24 heavy (non-hydrogen) atoms. The molecule has 0 saturated carbocycles. The monoisotopic (exact) mass is 341 g/mol. The van der Waals surface area contributed by atoms with Gasteiger partial charge in [0.25, 0.3) is 11.8 Å². The highest BCUT2D eigenvalue weighted by Gasteiger charge is 2.16. The van der Waals surface area contributed by atoms with E-state index in [0.29, 0.717) is 22.0 Å². The van der Waals surface area contributed by atoms with Crippen molar-refractivity contribution in [1.82, 2.24) is 10.3 Å². The topological polar surface area (TPSA) is 84.2 Å². The minimum atomic E-state index is -0.366. The van der Waals surface area contributed by atoms with Crippen molar-refractivity contribution in [1.29, 1.82) is 0 Å². The van der Waals surface area contributed by atoms with Crippen LogP contribution in [0.1, 0.15) is 26.4 Å². The predicted molar refractivity (Wildman–Crippen MR) is 92.3 cm³/mol. The first-order valence-electron chi connectivity index (χ1n) is 7.20. The van der Waals surface area contributed by atoms with Crippen LogP contribution in [0.5, 0.6) is 0 Å². The van der Waals surface area contributed by atoms with Gasteiger partial charge in [-0.3, -0.25) is 9.59 Å². The Morgan fingerprint density at radius 2 is 2.04 bits per heavy atom. The first-order chi connectivity index (χ1) is 11.6. The fourth-order valence-electron chi connectivity index (χ4n) is 2.17. The lowest BCUT2D eigenvalue weighted by Gasteiger charge is -2.10. The van der Waals surface area contributed by atoms with Gasteiger partial charge in [0.2, 0.25) is 0 Å². The molecule has 2 amide bonds. The average Bonchev–Trinajstić information content (AvgIpc) is 3.26. The Morgan fingerprint density at radius 3 is 2.75 bits per heavy atom. The number of carbonyl (C=O) groups excluding carboxylic acids is 2. The fraction of sp³-hybridized carbons (Fsp3) is 0.118. The van der Waals surface area contributed by atoms with Crippen molar-refractivity contribution >= 4 is 28.8 Å². The van der Waals surface area contributed by atoms with Crippen LogP contribution in [0.15, 0.2) is 46.6 Å². The molecule has 0 atom stereocenters. The molecule has 2 N–H and O–H groups in total. The molecule has 0 aliphatic carbocycles. The number of rotatable bonds is 4. The van der Waals surface area contributed by atoms with Crippen LogP contribution in [0.25, 0.3) is 10.6 Å². The minimum Gasteiger partial charge on any atom is -0.472 e. The van der Waals surface area contributed by atoms with E-state index in [9.17, 15) is 9.59 Å². The summed E-state index contributed by atoms with van der Waals surface area (Å²) in [6, 6.07) is 7.05. The Labute approximate surface area is 142 Å². The summed E-state index contributed by atoms with van der Waals surface area (Å²) in [4.78, 5) is 28.7. The number of nitrogens with one attached hydrogen (secondary N) is 2. The van der Waals surface area contributed by atoms with Crippen LogP contribution in [0.3, 0.4) is 0 Å². The van der Waals surface area contributed by atoms with Crippen LogP contribution in [-0.4, -0.2) is 23.8 Å². The molecular formula is C17H15N3O3S. The lowest BCUT2D eigenvalue weighted by Crippen LogP contribution is -2.21. The van der Waals surface area contributed by atoms with E-state index in [2.05, 4.69) is 15.6 Å². The maximum absolute atomic E-state index is 12.4. The molecule has 0 unspecified atom stereocenters. The van der Waals surface area contributed by atoms with E-state index in [4.69, 9.17) is 4.42 Å². The lowest BCUT2D eigenvalue weighted by molar-refractivity contribution is 0.0964. The third-order valence-corrected chi connectivity index (χ3v) is 4.29. The Bertz CT molecular complexity index is 884. The van der Waals surface area contributed by atoms with Crippen molar-refractivity contribution in [2.75, 3.05) is 12.4 Å². The highest BCUT2D eigenvalue weighted by Crippen LogP contribution is 2.25. The molecule has 3 aromatic rings. The van der Waals surface area contributed by atoms with E-state index >= 15 is 0 Å². The second-order valence-electron chi connectivity index (χ2n) is 5.13. The van der Waals surface area contributed by atoms with Gasteiger partial charge in [0.1, 0.15) is 17.0 Å². The van der Waals surface area contributed by atoms with Gasteiger partial charge < -0.3 is 15.1 Å². The summed E-state index contributed by atoms with van der Waals surface area (Å²) in [6.07, 6.45) is 3.13. The van der Waals surface area contributed by atoms with Gasteiger partial charge in [-0.2, -0.15) is 0 Å². The van der Waals surface area contributed by atoms with Gasteiger partial charge in [-0.25, -0.2) is 4.98 Å². The van der Waals surface area contributed by atoms with Crippen LogP contribution in [0, 0.1) is 6.92 Å². The first kappa shape index (κ1) is 15.9. The van der Waals surface area contributed by atoms with Crippen molar-refractivity contribution in [3.63, 3.8) is 0 Å². The summed E-state index contributed by atoms with van der Waals surface area (Å²) in [5.41, 5.74) is 2.90. The van der Waals surface area contributed by atoms with Gasteiger partial charge in [-0.1, -0.05) is 11.6 Å². The SMILES string of the molecule is CNC(=O)c1cc(C)ccc1NC(=O)c1csc(-c2ccoc2)n1. The van der Waals surface area contributed by atoms with Crippen molar-refractivity contribution in [2.45, 2.75) is 6.92 Å². The summed E-state index contributed by atoms with van der Waals surface area (Å²) in [7, 11) is 1.55. The molecule has 3 rings (SSSR count). The molecule has 0 spiro atoms. The second-order valence-corrected chi connectivity index (χ2v) is 5.99. The molecule has 0 aliphatic heterocycles. The number of aryl methyl sites for hydroxylation is 1. The molecule has 0 bridgehead atoms. The molecule has 2 aromatic heterocycles. The minimum absolute atomic E-state index is 0.258. The Balaban J connectivity index is 1.84. The molecule has 0 aliphatic rings. The highest BCUT2D eigenvalue weighted by molar-refractivity contribution is 7.13. The number of carbonyl (C=O) groups is 2. The first-order valence-corrected chi connectivity index (χ1v) is 8.08. The lowest BCUT2D eigenvalue weighted by atomic mass is 10.1. The smallest absolute Gasteiger partial charge is 0.275 e. The van der Waals surface area contributed by atoms with Crippen molar-refractivity contribution in [3.8, 4) is 10.6 Å². The molecule has 0 fully saturated rings. The second kappa shape index (κ2) is 6.67. The average molecular weight is 341 g/mol. The zero-order valence-electron chi connectivity index (χ0n) is 13.1. The number of hydrogen-bond acceptors (Lipinski definition) is 5. The van der Waals surface area contributed by atoms with E-state index in [1.807, 2.05) is 13.0 Å². The van der Waals surface area contributed by atoms with Crippen molar-refractivity contribution < 1.29 is 14.0 Å². The molecule has 2 heterocycles. The maximum Gasteiger partial charge on any atom is 0.275 e. The normalized spacial score (nSPS) is 10.4. The number of amides is 2. The molecule has 7 heteroatoms. The molecule has 0 radical (unpaired) electrons. The van der Waals surface area contributed by atoms with Gasteiger partial charge >= 0.3 is 0 Å². The van der Waals surface area contributed by atoms with Crippen molar-refractivity contribution in [3.05, 3.63) is 59.0 Å². The van der Waals surface area contributed by atoms with E-state index in [-0.39, 0.29) is 11.8 Å². The zero-order valence-corrected chi connectivity index (χ0v) is 13.9. The van der Waals surface area contributed by atoms with E-state index < -0.39 is 0 Å². The zero-order chi connectivity index (χ0) is 17.1. The standard InChI is InChI=1S/C17H15N3O3S/c1-10-3-4-13(12(7-10)15(21)18-2)19-16(22)14-9-24-17(20-14)11-5-6-23-8-11/h3-9H,1-2H3,(H,18,21)(H,19,22). The molecule has 122 valence electrons. The predicted octanol–water partition coefficient (Wildman–Crippen LogP) is 3.32. The summed E-state index contributed by atoms with van der Waals surface area (Å²) >= 11 is 1.35. The van der Waals surface area contributed by atoms with E-state index in [1.165, 1.54) is 11.3 Å². The van der Waals surface area contributed by atoms with Crippen LogP contribution in [0.2, 0.25) is 0 Å². The third kappa shape index (κ3) is 3.21. The molecule has 1 aromatic carbocycles. The van der Waals surface area contributed by atoms with Crippen LogP contribution < -0.4 is 10.6 Å². The number of anilines is 1. The van der Waals surface area contributed by atoms with Gasteiger partial charge in [0, 0.05) is 18.0 Å². The van der Waals surface area contributed by atoms with Crippen molar-refractivity contribution in [2.24, 2.45) is 0 Å². The number of nitrogens with zero attached hydrogens (tertiary/aromatic N) is 1. The Kier molecular flexibility index (Phi) is 4.43. The summed E-state index contributed by atoms with van der Waals surface area (Å²) in [6.45, 7) is 1.88. The van der Waals surface area contributed by atoms with Gasteiger partial charge in [0.05, 0.1) is 17.5 Å². The van der Waals surface area contributed by atoms with E-state index in [1.54, 1.807) is 43.2 Å². The third-order valence-electron chi connectivity index (χ3n) is 3.40. The van der Waals surface area contributed by atoms with Crippen LogP contribution in [0.4, 0.5) is 5.69 Å². The molecule has 6 nitrogen and oxygen atoms in total. The van der Waals surface area contributed by atoms with Gasteiger partial charge in [-0.05, 0) is 25.1 Å². The fourth-order valence-corrected chi connectivity index (χ4v) is 2.96. The Morgan fingerprint density at radius 1 is 1.21 bits per heavy atom. The summed E-state index contributed by atoms with van der Waals surface area (Å²) < 4.78 is 5.02. The number of benzene rings is 1. The van der Waals surface area contributed by atoms with Crippen LogP contribution in [-0.2, 0) is 0 Å². The highest BCUT2D eigenvalue weighted by atomic mass is 32.1. The number of hydrogen-bond donors (Lipinski definition) is 2. The largest absolute Gasteiger partial charge is 0.472 e. The maximum atomic E-state index is 12.4. The Hall–Kier alpha value is -2.93. The quantitative estimate of drug-likeness (QED) is 0.762. The number of aromatic nitrogens is 1. The summed E-state index contributed by atoms with van der Waals surface area (Å²) in [5, 5.41) is 7.69. The number of furan rings is 1. The summed E-state index contributed by atoms with van der Waals surface area (Å²) in [5.74, 6) is -0.624. The van der Waals surface area contributed by atoms with Crippen LogP contribution >= 0.6 is 11.3 Å². The van der Waals surface area contributed by atoms with E-state index in [0.717, 1.165) is 11.1 Å². The van der Waals surface area contributed by atoms with Gasteiger partial charge in [0.15, 0.2) is 0 Å².